The summed E-state index contributed by atoms with van der Waals surface area (Å²) in [7, 11) is 0. The Kier molecular flexibility index (Phi) is 8.59. The molecule has 0 saturated carbocycles. The maximum atomic E-state index is 13.2. The second-order valence-corrected chi connectivity index (χ2v) is 9.91. The summed E-state index contributed by atoms with van der Waals surface area (Å²) in [4.78, 5) is 26.3. The molecule has 1 aliphatic heterocycles. The van der Waals surface area contributed by atoms with E-state index in [1.807, 2.05) is 17.1 Å². The SMILES string of the molecule is O=C(CCC1C=C[C@@H](Nc2ccc([N+](=O)[O-])c(C(F)(F)F)c2)CC1)N1CCN(c2ccc(C(F)(F)F)cc2)CC1. The predicted octanol–water partition coefficient (Wildman–Crippen LogP) is 6.51. The van der Waals surface area contributed by atoms with Crippen molar-refractivity contribution in [1.29, 1.82) is 0 Å². The number of hydrogen-bond donors (Lipinski definition) is 1. The second kappa shape index (κ2) is 11.8. The van der Waals surface area contributed by atoms with Crippen molar-refractivity contribution in [2.24, 2.45) is 5.92 Å². The molecule has 7 nitrogen and oxygen atoms in total. The molecule has 1 fully saturated rings. The third-order valence-electron chi connectivity index (χ3n) is 7.24. The van der Waals surface area contributed by atoms with E-state index in [4.69, 9.17) is 0 Å². The first-order valence-corrected chi connectivity index (χ1v) is 12.8. The molecule has 0 spiro atoms. The molecule has 1 unspecified atom stereocenters. The lowest BCUT2D eigenvalue weighted by Crippen LogP contribution is -2.48. The van der Waals surface area contributed by atoms with Gasteiger partial charge in [0.05, 0.1) is 10.5 Å². The lowest BCUT2D eigenvalue weighted by atomic mass is 9.89. The number of nitrogens with one attached hydrogen (secondary N) is 1. The van der Waals surface area contributed by atoms with Crippen molar-refractivity contribution >= 4 is 23.0 Å². The Balaban J connectivity index is 1.23. The molecule has 1 saturated heterocycles. The number of anilines is 2. The van der Waals surface area contributed by atoms with E-state index >= 15 is 0 Å². The van der Waals surface area contributed by atoms with E-state index in [1.54, 1.807) is 4.90 Å². The fraction of sp³-hybridized carbons (Fsp3) is 0.444. The van der Waals surface area contributed by atoms with Gasteiger partial charge in [0.25, 0.3) is 5.69 Å². The number of hydrogen-bond acceptors (Lipinski definition) is 5. The van der Waals surface area contributed by atoms with E-state index in [2.05, 4.69) is 5.32 Å². The summed E-state index contributed by atoms with van der Waals surface area (Å²) in [5, 5.41) is 13.9. The number of halogens is 6. The van der Waals surface area contributed by atoms with Crippen molar-refractivity contribution in [2.45, 2.75) is 44.1 Å². The number of nitro groups is 1. The highest BCUT2D eigenvalue weighted by Crippen LogP contribution is 2.38. The van der Waals surface area contributed by atoms with Crippen LogP contribution in [-0.4, -0.2) is 48.0 Å². The van der Waals surface area contributed by atoms with Crippen molar-refractivity contribution in [2.75, 3.05) is 36.4 Å². The number of carbonyl (C=O) groups excluding carboxylic acids is 1. The van der Waals surface area contributed by atoms with Gasteiger partial charge in [0.1, 0.15) is 5.56 Å². The first-order chi connectivity index (χ1) is 18.8. The van der Waals surface area contributed by atoms with E-state index in [-0.39, 0.29) is 23.6 Å². The van der Waals surface area contributed by atoms with Gasteiger partial charge in [-0.1, -0.05) is 12.2 Å². The molecule has 1 aliphatic carbocycles. The minimum Gasteiger partial charge on any atom is -0.379 e. The lowest BCUT2D eigenvalue weighted by Gasteiger charge is -2.36. The third-order valence-corrected chi connectivity index (χ3v) is 7.24. The minimum absolute atomic E-state index is 0.00581. The van der Waals surface area contributed by atoms with Crippen molar-refractivity contribution in [3.8, 4) is 0 Å². The fourth-order valence-corrected chi connectivity index (χ4v) is 5.01. The number of nitro benzene ring substituents is 1. The van der Waals surface area contributed by atoms with Crippen LogP contribution in [0, 0.1) is 16.0 Å². The molecule has 0 radical (unpaired) electrons. The lowest BCUT2D eigenvalue weighted by molar-refractivity contribution is -0.388. The summed E-state index contributed by atoms with van der Waals surface area (Å²) in [5.41, 5.74) is -2.19. The highest BCUT2D eigenvalue weighted by atomic mass is 19.4. The third kappa shape index (κ3) is 7.24. The number of piperazine rings is 1. The van der Waals surface area contributed by atoms with Gasteiger partial charge in [-0.25, -0.2) is 0 Å². The molecular weight excluding hydrogens is 542 g/mol. The summed E-state index contributed by atoms with van der Waals surface area (Å²) in [6.07, 6.45) is -3.15. The van der Waals surface area contributed by atoms with Crippen LogP contribution in [-0.2, 0) is 17.1 Å². The van der Waals surface area contributed by atoms with Crippen molar-refractivity contribution in [3.63, 3.8) is 0 Å². The van der Waals surface area contributed by atoms with Crippen LogP contribution in [0.2, 0.25) is 0 Å². The van der Waals surface area contributed by atoms with Gasteiger partial charge in [0, 0.05) is 56.1 Å². The summed E-state index contributed by atoms with van der Waals surface area (Å²) in [6, 6.07) is 7.58. The largest absolute Gasteiger partial charge is 0.423 e. The van der Waals surface area contributed by atoms with Crippen LogP contribution >= 0.6 is 0 Å². The van der Waals surface area contributed by atoms with Crippen molar-refractivity contribution < 1.29 is 36.1 Å². The number of benzene rings is 2. The van der Waals surface area contributed by atoms with Crippen LogP contribution in [0.25, 0.3) is 0 Å². The number of rotatable bonds is 7. The van der Waals surface area contributed by atoms with Gasteiger partial charge in [-0.05, 0) is 61.6 Å². The van der Waals surface area contributed by atoms with E-state index in [0.29, 0.717) is 51.1 Å². The van der Waals surface area contributed by atoms with Gasteiger partial charge in [-0.3, -0.25) is 14.9 Å². The maximum Gasteiger partial charge on any atom is 0.423 e. The highest BCUT2D eigenvalue weighted by molar-refractivity contribution is 5.76. The van der Waals surface area contributed by atoms with E-state index in [1.165, 1.54) is 18.2 Å². The average Bonchev–Trinajstić information content (AvgIpc) is 2.91. The molecule has 2 aromatic rings. The molecule has 4 rings (SSSR count). The topological polar surface area (TPSA) is 78.7 Å². The van der Waals surface area contributed by atoms with Crippen molar-refractivity contribution in [3.05, 3.63) is 75.9 Å². The van der Waals surface area contributed by atoms with E-state index < -0.39 is 34.1 Å². The van der Waals surface area contributed by atoms with Gasteiger partial charge in [-0.15, -0.1) is 0 Å². The Morgan fingerprint density at radius 3 is 2.15 bits per heavy atom. The molecule has 2 atom stereocenters. The Morgan fingerprint density at radius 2 is 1.60 bits per heavy atom. The number of allylic oxidation sites excluding steroid dienone is 1. The Bertz CT molecular complexity index is 1240. The Labute approximate surface area is 226 Å². The van der Waals surface area contributed by atoms with Crippen molar-refractivity contribution in [1.82, 2.24) is 4.90 Å². The zero-order valence-electron chi connectivity index (χ0n) is 21.3. The Morgan fingerprint density at radius 1 is 0.925 bits per heavy atom. The van der Waals surface area contributed by atoms with Gasteiger partial charge >= 0.3 is 12.4 Å². The quantitative estimate of drug-likeness (QED) is 0.178. The van der Waals surface area contributed by atoms with Gasteiger partial charge in [0.15, 0.2) is 0 Å². The minimum atomic E-state index is -4.85. The zero-order valence-corrected chi connectivity index (χ0v) is 21.3. The average molecular weight is 571 g/mol. The second-order valence-electron chi connectivity index (χ2n) is 9.91. The van der Waals surface area contributed by atoms with Crippen LogP contribution < -0.4 is 10.2 Å². The summed E-state index contributed by atoms with van der Waals surface area (Å²) in [6.45, 7) is 1.99. The molecule has 2 aromatic carbocycles. The zero-order chi connectivity index (χ0) is 29.1. The normalized spacial score (nSPS) is 19.9. The van der Waals surface area contributed by atoms with Gasteiger partial charge in [-0.2, -0.15) is 26.3 Å². The fourth-order valence-electron chi connectivity index (χ4n) is 5.01. The molecule has 0 aromatic heterocycles. The molecule has 40 heavy (non-hydrogen) atoms. The molecule has 1 N–H and O–H groups in total. The molecule has 2 aliphatic rings. The molecule has 1 heterocycles. The number of nitrogens with zero attached hydrogens (tertiary/aromatic N) is 3. The van der Waals surface area contributed by atoms with E-state index in [0.717, 1.165) is 30.7 Å². The molecule has 216 valence electrons. The Hall–Kier alpha value is -3.77. The number of carbonyl (C=O) groups is 1. The highest BCUT2D eigenvalue weighted by Gasteiger charge is 2.38. The van der Waals surface area contributed by atoms with E-state index in [9.17, 15) is 41.3 Å². The summed E-state index contributed by atoms with van der Waals surface area (Å²) < 4.78 is 78.1. The monoisotopic (exact) mass is 570 g/mol. The first-order valence-electron chi connectivity index (χ1n) is 12.8. The summed E-state index contributed by atoms with van der Waals surface area (Å²) >= 11 is 0. The number of alkyl halides is 6. The smallest absolute Gasteiger partial charge is 0.379 e. The van der Waals surface area contributed by atoms with Gasteiger partial charge in [0.2, 0.25) is 5.91 Å². The molecule has 1 amide bonds. The molecular formula is C27H28F6N4O3. The van der Waals surface area contributed by atoms with Crippen LogP contribution in [0.4, 0.5) is 43.4 Å². The predicted molar refractivity (Wildman–Crippen MR) is 137 cm³/mol. The van der Waals surface area contributed by atoms with Crippen LogP contribution in [0.3, 0.4) is 0 Å². The number of amides is 1. The van der Waals surface area contributed by atoms with Crippen LogP contribution in [0.15, 0.2) is 54.6 Å². The summed E-state index contributed by atoms with van der Waals surface area (Å²) in [5.74, 6) is 0.143. The molecule has 13 heteroatoms. The molecule has 0 bridgehead atoms. The van der Waals surface area contributed by atoms with Gasteiger partial charge < -0.3 is 15.1 Å². The standard InChI is InChI=1S/C27H28F6N4O3/c28-26(29,30)19-4-9-22(10-5-19)35-13-15-36(16-14-35)25(38)12-3-18-1-6-20(7-2-18)34-21-8-11-24(37(39)40)23(17-21)27(31,32)33/h1,4-6,8-11,17-18,20,34H,2-3,7,12-16H2/t18?,20-/m1/s1. The van der Waals surface area contributed by atoms with Crippen LogP contribution in [0.1, 0.15) is 36.8 Å². The van der Waals surface area contributed by atoms with Crippen LogP contribution in [0.5, 0.6) is 0 Å². The maximum absolute atomic E-state index is 13.2. The first kappa shape index (κ1) is 29.2.